The fourth-order valence-electron chi connectivity index (χ4n) is 5.49. The Kier molecular flexibility index (Phi) is 5.58. The summed E-state index contributed by atoms with van der Waals surface area (Å²) >= 11 is 0. The molecule has 0 aliphatic carbocycles. The van der Waals surface area contributed by atoms with Gasteiger partial charge in [0.25, 0.3) is 0 Å². The predicted octanol–water partition coefficient (Wildman–Crippen LogP) is 5.50. The van der Waals surface area contributed by atoms with E-state index >= 15 is 0 Å². The Hall–Kier alpha value is -3.22. The molecule has 0 saturated carbocycles. The Bertz CT molecular complexity index is 1530. The van der Waals surface area contributed by atoms with Crippen molar-refractivity contribution in [2.24, 2.45) is 0 Å². The molecule has 4 aromatic rings. The van der Waals surface area contributed by atoms with Gasteiger partial charge in [-0.1, -0.05) is 42.5 Å². The Morgan fingerprint density at radius 2 is 1.86 bits per heavy atom. The summed E-state index contributed by atoms with van der Waals surface area (Å²) in [7, 11) is -2.87. The third kappa shape index (κ3) is 4.44. The smallest absolute Gasteiger partial charge is 0.151 e. The second kappa shape index (κ2) is 8.77. The number of aromatic nitrogens is 1. The van der Waals surface area contributed by atoms with Crippen LogP contribution in [-0.2, 0) is 22.8 Å². The molecule has 1 N–H and O–H groups in total. The third-order valence-electron chi connectivity index (χ3n) is 7.44. The maximum absolute atomic E-state index is 12.0. The molecule has 1 unspecified atom stereocenters. The first kappa shape index (κ1) is 22.3. The lowest BCUT2D eigenvalue weighted by atomic mass is 9.96. The van der Waals surface area contributed by atoms with Gasteiger partial charge in [-0.3, -0.25) is 9.88 Å². The highest BCUT2D eigenvalue weighted by Crippen LogP contribution is 2.33. The summed E-state index contributed by atoms with van der Waals surface area (Å²) in [6.07, 6.45) is 3.61. The van der Waals surface area contributed by atoms with Gasteiger partial charge in [-0.25, -0.2) is 8.42 Å². The molecule has 0 spiro atoms. The Balaban J connectivity index is 1.26. The number of rotatable bonds is 4. The number of sulfone groups is 1. The van der Waals surface area contributed by atoms with Crippen LogP contribution in [-0.4, -0.2) is 42.4 Å². The van der Waals surface area contributed by atoms with E-state index in [0.717, 1.165) is 53.9 Å². The average Bonchev–Trinajstić information content (AvgIpc) is 3.24. The number of fused-ring (bicyclic) bond motifs is 2. The van der Waals surface area contributed by atoms with Gasteiger partial charge >= 0.3 is 0 Å². The van der Waals surface area contributed by atoms with Crippen molar-refractivity contribution >= 4 is 32.0 Å². The molecule has 1 aromatic heterocycles. The summed E-state index contributed by atoms with van der Waals surface area (Å²) in [5.41, 5.74) is 8.07. The highest BCUT2D eigenvalue weighted by Gasteiger charge is 2.34. The lowest BCUT2D eigenvalue weighted by Crippen LogP contribution is -2.40. The number of anilines is 2. The van der Waals surface area contributed by atoms with E-state index in [1.54, 1.807) is 0 Å². The molecule has 35 heavy (non-hydrogen) atoms. The summed E-state index contributed by atoms with van der Waals surface area (Å²) in [4.78, 5) is 7.09. The van der Waals surface area contributed by atoms with E-state index in [-0.39, 0.29) is 6.04 Å². The van der Waals surface area contributed by atoms with Crippen molar-refractivity contribution in [3.63, 3.8) is 0 Å². The number of hydrogen-bond acceptors (Lipinski definition) is 5. The standard InChI is InChI=1S/C29H29N3O2S/c1-20-9-10-24(16-27(20)29-15-21-5-2-3-6-22(21)17-30-29)31-28-8-4-7-23-18-32(13-11-26(23)28)25-12-14-35(33,34)19-25/h2-10,15-17,25,31H,11-14,18-19H2,1H3. The molecular formula is C29H29N3O2S. The van der Waals surface area contributed by atoms with Gasteiger partial charge in [0.05, 0.1) is 17.2 Å². The van der Waals surface area contributed by atoms with Gasteiger partial charge in [0.1, 0.15) is 0 Å². The zero-order valence-electron chi connectivity index (χ0n) is 19.9. The van der Waals surface area contributed by atoms with Crippen LogP contribution >= 0.6 is 0 Å². The van der Waals surface area contributed by atoms with Crippen LogP contribution in [0, 0.1) is 6.92 Å². The van der Waals surface area contributed by atoms with E-state index in [1.807, 2.05) is 12.3 Å². The van der Waals surface area contributed by atoms with Crippen molar-refractivity contribution in [2.45, 2.75) is 32.4 Å². The first-order valence-electron chi connectivity index (χ1n) is 12.2. The van der Waals surface area contributed by atoms with Crippen LogP contribution in [0.5, 0.6) is 0 Å². The Labute approximate surface area is 206 Å². The Morgan fingerprint density at radius 1 is 1.00 bits per heavy atom. The summed E-state index contributed by atoms with van der Waals surface area (Å²) in [5, 5.41) is 5.99. The molecule has 1 atom stereocenters. The minimum atomic E-state index is -2.87. The fraction of sp³-hybridized carbons (Fsp3) is 0.276. The summed E-state index contributed by atoms with van der Waals surface area (Å²) in [6.45, 7) is 3.83. The second-order valence-electron chi connectivity index (χ2n) is 9.79. The maximum Gasteiger partial charge on any atom is 0.151 e. The monoisotopic (exact) mass is 483 g/mol. The van der Waals surface area contributed by atoms with Crippen LogP contribution in [0.4, 0.5) is 11.4 Å². The normalized spacial score (nSPS) is 19.5. The van der Waals surface area contributed by atoms with Crippen molar-refractivity contribution in [1.29, 1.82) is 0 Å². The first-order valence-corrected chi connectivity index (χ1v) is 14.1. The zero-order chi connectivity index (χ0) is 24.0. The molecule has 1 saturated heterocycles. The van der Waals surface area contributed by atoms with Crippen LogP contribution in [0.1, 0.15) is 23.1 Å². The number of nitrogens with one attached hydrogen (secondary N) is 1. The number of pyridine rings is 1. The highest BCUT2D eigenvalue weighted by atomic mass is 32.2. The first-order chi connectivity index (χ1) is 16.9. The highest BCUT2D eigenvalue weighted by molar-refractivity contribution is 7.91. The minimum Gasteiger partial charge on any atom is -0.355 e. The van der Waals surface area contributed by atoms with Gasteiger partial charge < -0.3 is 5.32 Å². The van der Waals surface area contributed by atoms with Crippen molar-refractivity contribution < 1.29 is 8.42 Å². The lowest BCUT2D eigenvalue weighted by molar-refractivity contribution is 0.194. The Morgan fingerprint density at radius 3 is 2.69 bits per heavy atom. The molecule has 0 amide bonds. The largest absolute Gasteiger partial charge is 0.355 e. The van der Waals surface area contributed by atoms with Gasteiger partial charge in [0.2, 0.25) is 0 Å². The van der Waals surface area contributed by atoms with Crippen LogP contribution in [0.3, 0.4) is 0 Å². The van der Waals surface area contributed by atoms with Gasteiger partial charge in [0, 0.05) is 47.7 Å². The lowest BCUT2D eigenvalue weighted by Gasteiger charge is -2.34. The SMILES string of the molecule is Cc1ccc(Nc2cccc3c2CCN(C2CCS(=O)(=O)C2)C3)cc1-c1cc2ccccc2cn1. The molecule has 3 aromatic carbocycles. The van der Waals surface area contributed by atoms with Crippen LogP contribution in [0.25, 0.3) is 22.0 Å². The zero-order valence-corrected chi connectivity index (χ0v) is 20.7. The van der Waals surface area contributed by atoms with Crippen molar-refractivity contribution in [3.05, 3.63) is 89.6 Å². The predicted molar refractivity (Wildman–Crippen MR) is 143 cm³/mol. The van der Waals surface area contributed by atoms with E-state index in [0.29, 0.717) is 11.5 Å². The van der Waals surface area contributed by atoms with Crippen LogP contribution in [0.2, 0.25) is 0 Å². The van der Waals surface area contributed by atoms with Gasteiger partial charge in [-0.2, -0.15) is 0 Å². The van der Waals surface area contributed by atoms with Crippen molar-refractivity contribution in [1.82, 2.24) is 9.88 Å². The van der Waals surface area contributed by atoms with E-state index in [2.05, 4.69) is 77.8 Å². The second-order valence-corrected chi connectivity index (χ2v) is 12.0. The molecular weight excluding hydrogens is 454 g/mol. The van der Waals surface area contributed by atoms with Gasteiger partial charge in [0.15, 0.2) is 9.84 Å². The van der Waals surface area contributed by atoms with E-state index in [1.165, 1.54) is 22.1 Å². The molecule has 3 heterocycles. The van der Waals surface area contributed by atoms with Crippen LogP contribution in [0.15, 0.2) is 72.9 Å². The molecule has 0 bridgehead atoms. The number of nitrogens with zero attached hydrogens (tertiary/aromatic N) is 2. The fourth-order valence-corrected chi connectivity index (χ4v) is 7.25. The van der Waals surface area contributed by atoms with Gasteiger partial charge in [-0.15, -0.1) is 0 Å². The topological polar surface area (TPSA) is 62.3 Å². The molecule has 1 fully saturated rings. The number of hydrogen-bond donors (Lipinski definition) is 1. The van der Waals surface area contributed by atoms with Crippen molar-refractivity contribution in [2.75, 3.05) is 23.4 Å². The summed E-state index contributed by atoms with van der Waals surface area (Å²) in [5.74, 6) is 0.625. The maximum atomic E-state index is 12.0. The minimum absolute atomic E-state index is 0.152. The molecule has 178 valence electrons. The molecule has 2 aliphatic rings. The van der Waals surface area contributed by atoms with E-state index in [9.17, 15) is 8.42 Å². The van der Waals surface area contributed by atoms with Crippen molar-refractivity contribution in [3.8, 4) is 11.3 Å². The van der Waals surface area contributed by atoms with Gasteiger partial charge in [-0.05, 0) is 66.1 Å². The molecule has 5 nitrogen and oxygen atoms in total. The molecule has 0 radical (unpaired) electrons. The van der Waals surface area contributed by atoms with E-state index in [4.69, 9.17) is 4.98 Å². The van der Waals surface area contributed by atoms with E-state index < -0.39 is 9.84 Å². The molecule has 6 heteroatoms. The average molecular weight is 484 g/mol. The quantitative estimate of drug-likeness (QED) is 0.415. The third-order valence-corrected chi connectivity index (χ3v) is 9.19. The molecule has 2 aliphatic heterocycles. The summed E-state index contributed by atoms with van der Waals surface area (Å²) < 4.78 is 23.9. The summed E-state index contributed by atoms with van der Waals surface area (Å²) in [6, 6.07) is 23.5. The number of benzene rings is 3. The molecule has 6 rings (SSSR count). The number of aryl methyl sites for hydroxylation is 1. The van der Waals surface area contributed by atoms with Crippen LogP contribution < -0.4 is 5.32 Å².